The second-order valence-electron chi connectivity index (χ2n) is 8.94. The van der Waals surface area contributed by atoms with Crippen LogP contribution in [0.15, 0.2) is 71.1 Å². The number of rotatable bonds is 8. The molecule has 5 rings (SSSR count). The molecule has 0 unspecified atom stereocenters. The number of hydrogen-bond donors (Lipinski definition) is 2. The Kier molecular flexibility index (Phi) is 7.87. The minimum absolute atomic E-state index is 0.0114. The number of benzene rings is 2. The van der Waals surface area contributed by atoms with Gasteiger partial charge in [0.2, 0.25) is 0 Å². The first kappa shape index (κ1) is 29.3. The van der Waals surface area contributed by atoms with Crippen molar-refractivity contribution in [1.82, 2.24) is 4.98 Å². The molecular weight excluding hydrogens is 594 g/mol. The molecule has 0 spiro atoms. The molecule has 0 saturated carbocycles. The Balaban J connectivity index is 1.45. The summed E-state index contributed by atoms with van der Waals surface area (Å²) in [7, 11) is 1.26. The van der Waals surface area contributed by atoms with Gasteiger partial charge >= 0.3 is 12.1 Å². The van der Waals surface area contributed by atoms with E-state index in [4.69, 9.17) is 14.9 Å². The Morgan fingerprint density at radius 1 is 1.02 bits per heavy atom. The zero-order valence-corrected chi connectivity index (χ0v) is 22.8. The molecule has 0 atom stereocenters. The fourth-order valence-corrected chi connectivity index (χ4v) is 5.11. The largest absolute Gasteiger partial charge is 0.486 e. The number of furan rings is 1. The number of pyridine rings is 1. The number of nitrogens with two attached hydrogens (primary N) is 1. The molecule has 0 aliphatic heterocycles. The van der Waals surface area contributed by atoms with Crippen LogP contribution < -0.4 is 15.8 Å². The Morgan fingerprint density at radius 2 is 1.72 bits per heavy atom. The summed E-state index contributed by atoms with van der Waals surface area (Å²) in [5, 5.41) is 2.53. The molecule has 0 saturated heterocycles. The molecule has 3 N–H and O–H groups in total. The summed E-state index contributed by atoms with van der Waals surface area (Å²) >= 11 is 0.573. The molecule has 14 heteroatoms. The smallest absolute Gasteiger partial charge is 0.433 e. The highest BCUT2D eigenvalue weighted by molar-refractivity contribution is 7.21. The predicted octanol–water partition coefficient (Wildman–Crippen LogP) is 6.43. The van der Waals surface area contributed by atoms with Crippen molar-refractivity contribution in [2.45, 2.75) is 12.8 Å². The molecule has 0 bridgehead atoms. The number of carbonyl (C=O) groups excluding carboxylic acids is 3. The van der Waals surface area contributed by atoms with E-state index in [9.17, 15) is 31.9 Å². The van der Waals surface area contributed by atoms with Crippen LogP contribution in [0.4, 0.5) is 23.2 Å². The van der Waals surface area contributed by atoms with Crippen molar-refractivity contribution in [3.8, 4) is 16.9 Å². The molecule has 0 fully saturated rings. The number of esters is 1. The number of methoxy groups -OCH3 is 1. The standard InChI is InChI=1S/C29H19F4N3O6S/c1-40-28(39)15-4-8-17(9-5-15)41-13-18-10-11-20(42-18)26(38)36-23-22-19(14-2-6-16(30)7-3-14)12-21(29(31,32)33)35-27(22)43-24(23)25(34)37/h2-12H,13H2,1H3,(H2,34,37)(H,36,38). The summed E-state index contributed by atoms with van der Waals surface area (Å²) in [6, 6.07) is 14.3. The van der Waals surface area contributed by atoms with Gasteiger partial charge in [0.15, 0.2) is 5.76 Å². The average Bonchev–Trinajstić information content (AvgIpc) is 3.61. The third kappa shape index (κ3) is 6.18. The fraction of sp³-hybridized carbons (Fsp3) is 0.103. The summed E-state index contributed by atoms with van der Waals surface area (Å²) in [4.78, 5) is 40.3. The third-order valence-corrected chi connectivity index (χ3v) is 7.21. The molecule has 3 heterocycles. The molecule has 9 nitrogen and oxygen atoms in total. The predicted molar refractivity (Wildman–Crippen MR) is 147 cm³/mol. The minimum atomic E-state index is -4.83. The molecular formula is C29H19F4N3O6S. The second kappa shape index (κ2) is 11.6. The first-order chi connectivity index (χ1) is 20.4. The van der Waals surface area contributed by atoms with Gasteiger partial charge in [-0.2, -0.15) is 13.2 Å². The summed E-state index contributed by atoms with van der Waals surface area (Å²) in [5.41, 5.74) is 4.56. The van der Waals surface area contributed by atoms with E-state index in [1.807, 2.05) is 0 Å². The van der Waals surface area contributed by atoms with E-state index in [-0.39, 0.29) is 50.0 Å². The molecule has 5 aromatic rings. The van der Waals surface area contributed by atoms with Crippen molar-refractivity contribution in [3.63, 3.8) is 0 Å². The van der Waals surface area contributed by atoms with E-state index in [1.54, 1.807) is 12.1 Å². The number of halogens is 4. The van der Waals surface area contributed by atoms with Crippen molar-refractivity contribution < 1.29 is 45.8 Å². The van der Waals surface area contributed by atoms with E-state index in [2.05, 4.69) is 15.0 Å². The highest BCUT2D eigenvalue weighted by Gasteiger charge is 2.35. The number of hydrogen-bond acceptors (Lipinski definition) is 8. The lowest BCUT2D eigenvalue weighted by Crippen LogP contribution is -2.16. The van der Waals surface area contributed by atoms with Gasteiger partial charge in [-0.1, -0.05) is 12.1 Å². The number of thiophene rings is 1. The van der Waals surface area contributed by atoms with Crippen molar-refractivity contribution in [3.05, 3.63) is 100 Å². The molecule has 2 aromatic carbocycles. The number of anilines is 1. The fourth-order valence-electron chi connectivity index (χ4n) is 4.11. The second-order valence-corrected chi connectivity index (χ2v) is 9.93. The monoisotopic (exact) mass is 613 g/mol. The minimum Gasteiger partial charge on any atom is -0.486 e. The normalized spacial score (nSPS) is 11.4. The average molecular weight is 614 g/mol. The summed E-state index contributed by atoms with van der Waals surface area (Å²) in [6.45, 7) is -0.0857. The van der Waals surface area contributed by atoms with Crippen LogP contribution in [0.5, 0.6) is 5.75 Å². The van der Waals surface area contributed by atoms with Gasteiger partial charge in [0.05, 0.1) is 18.4 Å². The van der Waals surface area contributed by atoms with E-state index in [1.165, 1.54) is 43.5 Å². The van der Waals surface area contributed by atoms with E-state index >= 15 is 0 Å². The number of nitrogens with zero attached hydrogens (tertiary/aromatic N) is 1. The number of alkyl halides is 3. The van der Waals surface area contributed by atoms with Crippen molar-refractivity contribution in [2.24, 2.45) is 5.73 Å². The van der Waals surface area contributed by atoms with Crippen LogP contribution in [0.1, 0.15) is 42.0 Å². The number of nitrogens with one attached hydrogen (secondary N) is 1. The van der Waals surface area contributed by atoms with Crippen molar-refractivity contribution >= 4 is 45.0 Å². The Labute approximate surface area is 243 Å². The summed E-state index contributed by atoms with van der Waals surface area (Å²) in [6.07, 6.45) is -4.83. The van der Waals surface area contributed by atoms with Crippen molar-refractivity contribution in [2.75, 3.05) is 12.4 Å². The van der Waals surface area contributed by atoms with Crippen LogP contribution in [0.3, 0.4) is 0 Å². The summed E-state index contributed by atoms with van der Waals surface area (Å²) in [5.74, 6) is -2.51. The first-order valence-electron chi connectivity index (χ1n) is 12.3. The molecule has 3 aromatic heterocycles. The van der Waals surface area contributed by atoms with Crippen LogP contribution >= 0.6 is 11.3 Å². The quantitative estimate of drug-likeness (QED) is 0.152. The lowest BCUT2D eigenvalue weighted by atomic mass is 10.0. The van der Waals surface area contributed by atoms with Crippen LogP contribution in [0.25, 0.3) is 21.3 Å². The highest BCUT2D eigenvalue weighted by atomic mass is 32.1. The molecule has 0 aliphatic rings. The lowest BCUT2D eigenvalue weighted by Gasteiger charge is -2.12. The Bertz CT molecular complexity index is 1850. The third-order valence-electron chi connectivity index (χ3n) is 6.11. The van der Waals surface area contributed by atoms with Gasteiger partial charge < -0.3 is 24.9 Å². The molecule has 220 valence electrons. The lowest BCUT2D eigenvalue weighted by molar-refractivity contribution is -0.140. The van der Waals surface area contributed by atoms with Gasteiger partial charge in [-0.05, 0) is 65.7 Å². The topological polar surface area (TPSA) is 134 Å². The molecule has 0 aliphatic carbocycles. The van der Waals surface area contributed by atoms with Crippen LogP contribution in [-0.4, -0.2) is 29.9 Å². The van der Waals surface area contributed by atoms with Gasteiger partial charge in [-0.3, -0.25) is 9.59 Å². The molecule has 0 radical (unpaired) electrons. The zero-order valence-electron chi connectivity index (χ0n) is 22.0. The SMILES string of the molecule is COC(=O)c1ccc(OCc2ccc(C(=O)Nc3c(C(N)=O)sc4nc(C(F)(F)F)cc(-c5ccc(F)cc5)c34)o2)cc1. The van der Waals surface area contributed by atoms with Gasteiger partial charge in [0.1, 0.15) is 39.3 Å². The van der Waals surface area contributed by atoms with Gasteiger partial charge in [-0.15, -0.1) is 11.3 Å². The zero-order chi connectivity index (χ0) is 30.9. The van der Waals surface area contributed by atoms with Crippen LogP contribution in [-0.2, 0) is 17.5 Å². The summed E-state index contributed by atoms with van der Waals surface area (Å²) < 4.78 is 70.5. The number of amides is 2. The van der Waals surface area contributed by atoms with Gasteiger partial charge in [-0.25, -0.2) is 14.2 Å². The Morgan fingerprint density at radius 3 is 2.35 bits per heavy atom. The van der Waals surface area contributed by atoms with Crippen LogP contribution in [0.2, 0.25) is 0 Å². The molecule has 43 heavy (non-hydrogen) atoms. The number of fused-ring (bicyclic) bond motifs is 1. The Hall–Kier alpha value is -5.24. The highest BCUT2D eigenvalue weighted by Crippen LogP contribution is 2.43. The first-order valence-corrected chi connectivity index (χ1v) is 13.1. The number of ether oxygens (including phenoxy) is 2. The van der Waals surface area contributed by atoms with E-state index < -0.39 is 35.5 Å². The van der Waals surface area contributed by atoms with Gasteiger partial charge in [0.25, 0.3) is 11.8 Å². The van der Waals surface area contributed by atoms with Gasteiger partial charge in [0, 0.05) is 5.39 Å². The van der Waals surface area contributed by atoms with E-state index in [0.29, 0.717) is 22.6 Å². The number of aromatic nitrogens is 1. The maximum absolute atomic E-state index is 13.7. The number of primary amides is 1. The van der Waals surface area contributed by atoms with Crippen LogP contribution in [0, 0.1) is 5.82 Å². The number of carbonyl (C=O) groups is 3. The molecule has 2 amide bonds. The maximum atomic E-state index is 13.7. The van der Waals surface area contributed by atoms with E-state index in [0.717, 1.165) is 18.2 Å². The van der Waals surface area contributed by atoms with Crippen molar-refractivity contribution in [1.29, 1.82) is 0 Å². The maximum Gasteiger partial charge on any atom is 0.433 e.